The molecule has 1 aromatic carbocycles. The molecule has 126 valence electrons. The van der Waals surface area contributed by atoms with Crippen molar-refractivity contribution in [1.29, 1.82) is 0 Å². The molecule has 0 aromatic heterocycles. The molecule has 8 heteroatoms. The summed E-state index contributed by atoms with van der Waals surface area (Å²) in [7, 11) is 4.84. The molecule has 0 bridgehead atoms. The second-order valence-electron chi connectivity index (χ2n) is 4.50. The lowest BCUT2D eigenvalue weighted by molar-refractivity contribution is 0.179. The van der Waals surface area contributed by atoms with Crippen molar-refractivity contribution in [2.45, 2.75) is 19.5 Å². The van der Waals surface area contributed by atoms with Crippen LogP contribution in [-0.2, 0) is 11.3 Å². The van der Waals surface area contributed by atoms with Crippen molar-refractivity contribution in [2.24, 2.45) is 10.7 Å². The van der Waals surface area contributed by atoms with E-state index in [-0.39, 0.29) is 30.0 Å². The Morgan fingerprint density at radius 2 is 1.86 bits per heavy atom. The third-order valence-corrected chi connectivity index (χ3v) is 3.52. The summed E-state index contributed by atoms with van der Waals surface area (Å²) in [6.45, 7) is 2.97. The second kappa shape index (κ2) is 10.9. The Hall–Kier alpha value is -0.740. The molecule has 0 aliphatic heterocycles. The summed E-state index contributed by atoms with van der Waals surface area (Å²) in [4.78, 5) is 4.31. The summed E-state index contributed by atoms with van der Waals surface area (Å²) in [6.07, 6.45) is 0. The fourth-order valence-electron chi connectivity index (χ4n) is 1.78. The quantitative estimate of drug-likeness (QED) is 0.351. The lowest BCUT2D eigenvalue weighted by Crippen LogP contribution is -2.40. The fourth-order valence-corrected chi connectivity index (χ4v) is 2.23. The maximum absolute atomic E-state index is 5.84. The average Bonchev–Trinajstić information content (AvgIpc) is 2.45. The zero-order valence-electron chi connectivity index (χ0n) is 13.2. The van der Waals surface area contributed by atoms with Gasteiger partial charge in [-0.3, -0.25) is 0 Å². The van der Waals surface area contributed by atoms with Crippen molar-refractivity contribution in [3.63, 3.8) is 0 Å². The number of hydrogen-bond acceptors (Lipinski definition) is 4. The van der Waals surface area contributed by atoms with E-state index in [1.54, 1.807) is 21.3 Å². The van der Waals surface area contributed by atoms with Crippen molar-refractivity contribution in [2.75, 3.05) is 27.9 Å². The summed E-state index contributed by atoms with van der Waals surface area (Å²) in [5.41, 5.74) is 6.80. The molecule has 1 atom stereocenters. The average molecular weight is 488 g/mol. The first-order chi connectivity index (χ1) is 10.0. The molecule has 0 fully saturated rings. The minimum Gasteiger partial charge on any atom is -0.493 e. The Bertz CT molecular complexity index is 500. The monoisotopic (exact) mass is 487 g/mol. The van der Waals surface area contributed by atoms with Crippen LogP contribution in [0.3, 0.4) is 0 Å². The highest BCUT2D eigenvalue weighted by Gasteiger charge is 2.09. The van der Waals surface area contributed by atoms with Gasteiger partial charge in [-0.25, -0.2) is 4.99 Å². The van der Waals surface area contributed by atoms with Crippen LogP contribution in [0.5, 0.6) is 11.5 Å². The van der Waals surface area contributed by atoms with Crippen molar-refractivity contribution in [1.82, 2.24) is 5.32 Å². The van der Waals surface area contributed by atoms with E-state index in [0.29, 0.717) is 30.6 Å². The van der Waals surface area contributed by atoms with Crippen LogP contribution in [0.2, 0.25) is 0 Å². The Kier molecular flexibility index (Phi) is 10.5. The molecule has 6 nitrogen and oxygen atoms in total. The molecule has 1 rings (SSSR count). The van der Waals surface area contributed by atoms with E-state index in [9.17, 15) is 0 Å². The van der Waals surface area contributed by atoms with Gasteiger partial charge in [0.05, 0.1) is 27.4 Å². The summed E-state index contributed by atoms with van der Waals surface area (Å²) in [5.74, 6) is 1.70. The van der Waals surface area contributed by atoms with Crippen LogP contribution in [0, 0.1) is 0 Å². The molecule has 0 spiro atoms. The van der Waals surface area contributed by atoms with E-state index in [0.717, 1.165) is 10.0 Å². The highest BCUT2D eigenvalue weighted by Crippen LogP contribution is 2.33. The zero-order valence-corrected chi connectivity index (χ0v) is 17.1. The van der Waals surface area contributed by atoms with Gasteiger partial charge in [-0.2, -0.15) is 0 Å². The van der Waals surface area contributed by atoms with Crippen LogP contribution in [0.4, 0.5) is 0 Å². The van der Waals surface area contributed by atoms with Gasteiger partial charge in [-0.05, 0) is 24.6 Å². The first-order valence-corrected chi connectivity index (χ1v) is 7.26. The van der Waals surface area contributed by atoms with Gasteiger partial charge in [-0.1, -0.05) is 15.9 Å². The summed E-state index contributed by atoms with van der Waals surface area (Å²) in [6, 6.07) is 3.83. The van der Waals surface area contributed by atoms with E-state index in [1.165, 1.54) is 0 Å². The van der Waals surface area contributed by atoms with Crippen LogP contribution in [-0.4, -0.2) is 39.9 Å². The first kappa shape index (κ1) is 21.3. The Morgan fingerprint density at radius 3 is 2.41 bits per heavy atom. The van der Waals surface area contributed by atoms with Gasteiger partial charge in [0.2, 0.25) is 0 Å². The number of guanidine groups is 1. The van der Waals surface area contributed by atoms with Crippen molar-refractivity contribution in [3.8, 4) is 11.5 Å². The molecule has 0 saturated carbocycles. The first-order valence-electron chi connectivity index (χ1n) is 6.47. The normalized spacial score (nSPS) is 12.3. The number of hydrogen-bond donors (Lipinski definition) is 2. The molecule has 1 unspecified atom stereocenters. The summed E-state index contributed by atoms with van der Waals surface area (Å²) < 4.78 is 16.4. The molecule has 3 N–H and O–H groups in total. The highest BCUT2D eigenvalue weighted by molar-refractivity contribution is 14.0. The van der Waals surface area contributed by atoms with E-state index in [2.05, 4.69) is 26.2 Å². The van der Waals surface area contributed by atoms with Gasteiger partial charge in [0, 0.05) is 17.6 Å². The number of methoxy groups -OCH3 is 3. The second-order valence-corrected chi connectivity index (χ2v) is 5.36. The number of aliphatic imine (C=N–C) groups is 1. The SMILES string of the molecule is COCC(C)NC(N)=NCc1cc(OC)c(OC)cc1Br.I. The smallest absolute Gasteiger partial charge is 0.189 e. The zero-order chi connectivity index (χ0) is 15.8. The predicted molar refractivity (Wildman–Crippen MR) is 102 cm³/mol. The predicted octanol–water partition coefficient (Wildman–Crippen LogP) is 2.52. The topological polar surface area (TPSA) is 78.1 Å². The molecule has 0 aliphatic rings. The number of nitrogens with one attached hydrogen (secondary N) is 1. The summed E-state index contributed by atoms with van der Waals surface area (Å²) in [5, 5.41) is 3.05. The van der Waals surface area contributed by atoms with Crippen molar-refractivity contribution in [3.05, 3.63) is 22.2 Å². The van der Waals surface area contributed by atoms with E-state index >= 15 is 0 Å². The van der Waals surface area contributed by atoms with Crippen LogP contribution in [0.15, 0.2) is 21.6 Å². The number of benzene rings is 1. The van der Waals surface area contributed by atoms with Gasteiger partial charge in [0.15, 0.2) is 17.5 Å². The van der Waals surface area contributed by atoms with E-state index in [1.807, 2.05) is 19.1 Å². The van der Waals surface area contributed by atoms with E-state index in [4.69, 9.17) is 19.9 Å². The van der Waals surface area contributed by atoms with E-state index < -0.39 is 0 Å². The fraction of sp³-hybridized carbons (Fsp3) is 0.500. The van der Waals surface area contributed by atoms with Crippen molar-refractivity contribution >= 4 is 45.9 Å². The third-order valence-electron chi connectivity index (χ3n) is 2.78. The van der Waals surface area contributed by atoms with Gasteiger partial charge in [-0.15, -0.1) is 24.0 Å². The molecule has 0 radical (unpaired) electrons. The number of halogens is 2. The Balaban J connectivity index is 0.00000441. The van der Waals surface area contributed by atoms with Crippen LogP contribution in [0.1, 0.15) is 12.5 Å². The highest BCUT2D eigenvalue weighted by atomic mass is 127. The van der Waals surface area contributed by atoms with Crippen LogP contribution >= 0.6 is 39.9 Å². The molecular formula is C14H23BrIN3O3. The van der Waals surface area contributed by atoms with Crippen molar-refractivity contribution < 1.29 is 14.2 Å². The molecule has 0 amide bonds. The molecule has 22 heavy (non-hydrogen) atoms. The lowest BCUT2D eigenvalue weighted by Gasteiger charge is -2.14. The van der Waals surface area contributed by atoms with Crippen LogP contribution in [0.25, 0.3) is 0 Å². The third kappa shape index (κ3) is 6.57. The maximum atomic E-state index is 5.84. The largest absolute Gasteiger partial charge is 0.493 e. The lowest BCUT2D eigenvalue weighted by atomic mass is 10.2. The molecule has 0 aliphatic carbocycles. The number of rotatable bonds is 7. The molecule has 0 saturated heterocycles. The van der Waals surface area contributed by atoms with Gasteiger partial charge >= 0.3 is 0 Å². The number of nitrogens with two attached hydrogens (primary N) is 1. The standard InChI is InChI=1S/C14H22BrN3O3.HI/c1-9(8-19-2)18-14(16)17-7-10-5-12(20-3)13(21-4)6-11(10)15;/h5-6,9H,7-8H2,1-4H3,(H3,16,17,18);1H. The number of nitrogens with zero attached hydrogens (tertiary/aromatic N) is 1. The molecule has 1 aromatic rings. The minimum atomic E-state index is 0. The number of ether oxygens (including phenoxy) is 3. The Labute approximate surface area is 156 Å². The van der Waals surface area contributed by atoms with Gasteiger partial charge < -0.3 is 25.3 Å². The molecular weight excluding hydrogens is 465 g/mol. The Morgan fingerprint density at radius 1 is 1.27 bits per heavy atom. The summed E-state index contributed by atoms with van der Waals surface area (Å²) >= 11 is 3.49. The molecule has 0 heterocycles. The maximum Gasteiger partial charge on any atom is 0.189 e. The van der Waals surface area contributed by atoms with Gasteiger partial charge in [0.25, 0.3) is 0 Å². The minimum absolute atomic E-state index is 0. The van der Waals surface area contributed by atoms with Crippen LogP contribution < -0.4 is 20.5 Å². The van der Waals surface area contributed by atoms with Gasteiger partial charge in [0.1, 0.15) is 0 Å².